The fourth-order valence-corrected chi connectivity index (χ4v) is 2.62. The van der Waals surface area contributed by atoms with Gasteiger partial charge >= 0.3 is 0 Å². The van der Waals surface area contributed by atoms with Crippen LogP contribution in [0.5, 0.6) is 0 Å². The van der Waals surface area contributed by atoms with Crippen molar-refractivity contribution in [3.63, 3.8) is 0 Å². The van der Waals surface area contributed by atoms with Crippen LogP contribution >= 0.6 is 0 Å². The number of fused-ring (bicyclic) bond motifs is 1. The Kier molecular flexibility index (Phi) is 1.67. The summed E-state index contributed by atoms with van der Waals surface area (Å²) < 4.78 is 0. The fraction of sp³-hybridized carbons (Fsp3) is 0.667. The standard InChI is InChI=1S/C12H18/c1-12(2,3)11-8-7-9-5-4-6-10(9)11/h4-6,9,11H,7-8H2,1-3H3. The lowest BCUT2D eigenvalue weighted by Gasteiger charge is -2.28. The first-order valence-electron chi connectivity index (χ1n) is 4.97. The summed E-state index contributed by atoms with van der Waals surface area (Å²) >= 11 is 0. The van der Waals surface area contributed by atoms with Gasteiger partial charge in [0.2, 0.25) is 0 Å². The van der Waals surface area contributed by atoms with Gasteiger partial charge in [0, 0.05) is 0 Å². The normalized spacial score (nSPS) is 33.8. The predicted octanol–water partition coefficient (Wildman–Crippen LogP) is 3.55. The molecule has 2 atom stereocenters. The van der Waals surface area contributed by atoms with Crippen LogP contribution in [0.3, 0.4) is 0 Å². The van der Waals surface area contributed by atoms with E-state index in [1.807, 2.05) is 0 Å². The summed E-state index contributed by atoms with van der Waals surface area (Å²) in [5.74, 6) is 1.63. The van der Waals surface area contributed by atoms with Gasteiger partial charge in [-0.3, -0.25) is 0 Å². The average molecular weight is 162 g/mol. The Bertz CT molecular complexity index is 237. The number of hydrogen-bond donors (Lipinski definition) is 0. The van der Waals surface area contributed by atoms with Gasteiger partial charge in [-0.15, -0.1) is 0 Å². The lowest BCUT2D eigenvalue weighted by Crippen LogP contribution is -2.19. The van der Waals surface area contributed by atoms with Gasteiger partial charge in [0.25, 0.3) is 0 Å². The number of rotatable bonds is 0. The zero-order valence-corrected chi connectivity index (χ0v) is 8.30. The maximum Gasteiger partial charge on any atom is -0.00138 e. The molecule has 2 rings (SSSR count). The van der Waals surface area contributed by atoms with Crippen LogP contribution in [0.4, 0.5) is 0 Å². The molecular weight excluding hydrogens is 144 g/mol. The molecule has 0 nitrogen and oxygen atoms in total. The van der Waals surface area contributed by atoms with Crippen LogP contribution in [0.2, 0.25) is 0 Å². The second-order valence-corrected chi connectivity index (χ2v) is 5.15. The van der Waals surface area contributed by atoms with E-state index in [0.29, 0.717) is 5.41 Å². The summed E-state index contributed by atoms with van der Waals surface area (Å²) in [4.78, 5) is 0. The van der Waals surface area contributed by atoms with Crippen LogP contribution in [0, 0.1) is 17.3 Å². The Morgan fingerprint density at radius 2 is 2.00 bits per heavy atom. The summed E-state index contributed by atoms with van der Waals surface area (Å²) in [6, 6.07) is 0. The molecule has 0 N–H and O–H groups in total. The molecule has 0 aromatic carbocycles. The van der Waals surface area contributed by atoms with Crippen molar-refractivity contribution in [2.75, 3.05) is 0 Å². The van der Waals surface area contributed by atoms with E-state index in [2.05, 4.69) is 39.0 Å². The minimum atomic E-state index is 0.465. The van der Waals surface area contributed by atoms with Crippen LogP contribution < -0.4 is 0 Å². The molecule has 12 heavy (non-hydrogen) atoms. The molecule has 1 fully saturated rings. The van der Waals surface area contributed by atoms with E-state index in [9.17, 15) is 0 Å². The van der Waals surface area contributed by atoms with Crippen LogP contribution in [-0.2, 0) is 0 Å². The van der Waals surface area contributed by atoms with Crippen LogP contribution in [-0.4, -0.2) is 0 Å². The van der Waals surface area contributed by atoms with E-state index in [-0.39, 0.29) is 0 Å². The second-order valence-electron chi connectivity index (χ2n) is 5.15. The monoisotopic (exact) mass is 162 g/mol. The summed E-state index contributed by atoms with van der Waals surface area (Å²) in [5.41, 5.74) is 2.16. The van der Waals surface area contributed by atoms with Crippen LogP contribution in [0.15, 0.2) is 23.8 Å². The first-order chi connectivity index (χ1) is 5.59. The van der Waals surface area contributed by atoms with Gasteiger partial charge in [0.15, 0.2) is 0 Å². The van der Waals surface area contributed by atoms with Crippen molar-refractivity contribution in [3.05, 3.63) is 23.8 Å². The zero-order valence-electron chi connectivity index (χ0n) is 8.30. The molecular formula is C12H18. The van der Waals surface area contributed by atoms with Crippen molar-refractivity contribution in [3.8, 4) is 0 Å². The maximum absolute atomic E-state index is 2.36. The summed E-state index contributed by atoms with van der Waals surface area (Å²) in [7, 11) is 0. The fourth-order valence-electron chi connectivity index (χ4n) is 2.62. The van der Waals surface area contributed by atoms with Gasteiger partial charge in [0.1, 0.15) is 0 Å². The third-order valence-corrected chi connectivity index (χ3v) is 3.27. The highest BCUT2D eigenvalue weighted by atomic mass is 14.4. The minimum Gasteiger partial charge on any atom is -0.0773 e. The highest BCUT2D eigenvalue weighted by Crippen LogP contribution is 2.48. The Hall–Kier alpha value is -0.520. The van der Waals surface area contributed by atoms with Gasteiger partial charge in [-0.05, 0) is 30.1 Å². The molecule has 0 amide bonds. The van der Waals surface area contributed by atoms with E-state index in [1.165, 1.54) is 12.8 Å². The molecule has 0 aromatic rings. The maximum atomic E-state index is 2.36. The third-order valence-electron chi connectivity index (χ3n) is 3.27. The van der Waals surface area contributed by atoms with E-state index >= 15 is 0 Å². The molecule has 0 bridgehead atoms. The first kappa shape index (κ1) is 8.10. The van der Waals surface area contributed by atoms with Crippen molar-refractivity contribution < 1.29 is 0 Å². The molecule has 0 heteroatoms. The summed E-state index contributed by atoms with van der Waals surface area (Å²) in [6.45, 7) is 7.08. The van der Waals surface area contributed by atoms with Crippen LogP contribution in [0.1, 0.15) is 33.6 Å². The molecule has 1 saturated carbocycles. The van der Waals surface area contributed by atoms with Gasteiger partial charge in [-0.25, -0.2) is 0 Å². The molecule has 2 aliphatic carbocycles. The molecule has 0 aromatic heterocycles. The molecule has 2 aliphatic rings. The molecule has 0 heterocycles. The van der Waals surface area contributed by atoms with Gasteiger partial charge in [-0.1, -0.05) is 44.6 Å². The van der Waals surface area contributed by atoms with E-state index < -0.39 is 0 Å². The van der Waals surface area contributed by atoms with Gasteiger partial charge < -0.3 is 0 Å². The van der Waals surface area contributed by atoms with E-state index in [4.69, 9.17) is 0 Å². The second kappa shape index (κ2) is 2.48. The van der Waals surface area contributed by atoms with Crippen molar-refractivity contribution in [2.24, 2.45) is 17.3 Å². The number of allylic oxidation sites excluding steroid dienone is 4. The quantitative estimate of drug-likeness (QED) is 0.511. The molecule has 0 radical (unpaired) electrons. The molecule has 0 saturated heterocycles. The number of hydrogen-bond acceptors (Lipinski definition) is 0. The van der Waals surface area contributed by atoms with Gasteiger partial charge in [0.05, 0.1) is 0 Å². The SMILES string of the molecule is CC(C)(C)C1CCC2C=CC=C21. The Balaban J connectivity index is 2.22. The smallest absolute Gasteiger partial charge is 0.00138 e. The van der Waals surface area contributed by atoms with E-state index in [0.717, 1.165) is 11.8 Å². The third kappa shape index (κ3) is 1.14. The largest absolute Gasteiger partial charge is 0.0773 e. The highest BCUT2D eigenvalue weighted by molar-refractivity contribution is 5.33. The highest BCUT2D eigenvalue weighted by Gasteiger charge is 2.37. The predicted molar refractivity (Wildman–Crippen MR) is 52.9 cm³/mol. The lowest BCUT2D eigenvalue weighted by atomic mass is 9.77. The Labute approximate surface area is 75.4 Å². The van der Waals surface area contributed by atoms with Crippen LogP contribution in [0.25, 0.3) is 0 Å². The lowest BCUT2D eigenvalue weighted by molar-refractivity contribution is 0.285. The first-order valence-corrected chi connectivity index (χ1v) is 4.97. The minimum absolute atomic E-state index is 0.465. The topological polar surface area (TPSA) is 0 Å². The summed E-state index contributed by atoms with van der Waals surface area (Å²) in [6.07, 6.45) is 9.71. The molecule has 0 spiro atoms. The van der Waals surface area contributed by atoms with Crippen molar-refractivity contribution in [1.29, 1.82) is 0 Å². The van der Waals surface area contributed by atoms with Crippen molar-refractivity contribution in [1.82, 2.24) is 0 Å². The molecule has 0 aliphatic heterocycles. The van der Waals surface area contributed by atoms with Crippen molar-refractivity contribution in [2.45, 2.75) is 33.6 Å². The van der Waals surface area contributed by atoms with Crippen molar-refractivity contribution >= 4 is 0 Å². The zero-order chi connectivity index (χ0) is 8.77. The Morgan fingerprint density at radius 1 is 1.25 bits per heavy atom. The molecule has 2 unspecified atom stereocenters. The Morgan fingerprint density at radius 3 is 2.67 bits per heavy atom. The summed E-state index contributed by atoms with van der Waals surface area (Å²) in [5, 5.41) is 0. The van der Waals surface area contributed by atoms with Gasteiger partial charge in [-0.2, -0.15) is 0 Å². The average Bonchev–Trinajstić information content (AvgIpc) is 2.37. The molecule has 66 valence electrons. The van der Waals surface area contributed by atoms with E-state index in [1.54, 1.807) is 5.57 Å².